The van der Waals surface area contributed by atoms with Crippen LogP contribution in [0.1, 0.15) is 39.0 Å². The van der Waals surface area contributed by atoms with Gasteiger partial charge in [0.15, 0.2) is 0 Å². The minimum Gasteiger partial charge on any atom is -0.343 e. The van der Waals surface area contributed by atoms with Crippen molar-refractivity contribution in [1.29, 1.82) is 0 Å². The number of anilines is 1. The minimum absolute atomic E-state index is 0.0420. The van der Waals surface area contributed by atoms with Gasteiger partial charge in [0.1, 0.15) is 0 Å². The van der Waals surface area contributed by atoms with E-state index in [4.69, 9.17) is 11.6 Å². The monoisotopic (exact) mass is 519 g/mol. The van der Waals surface area contributed by atoms with E-state index in [0.717, 1.165) is 44.6 Å². The van der Waals surface area contributed by atoms with E-state index >= 15 is 0 Å². The number of piperidine rings is 2. The molecule has 2 aliphatic heterocycles. The first-order valence-corrected chi connectivity index (χ1v) is 14.4. The Hall–Kier alpha value is -1.54. The molecule has 3 heterocycles. The Morgan fingerprint density at radius 1 is 1.09 bits per heavy atom. The van der Waals surface area contributed by atoms with Crippen molar-refractivity contribution in [3.63, 3.8) is 0 Å². The fourth-order valence-corrected chi connectivity index (χ4v) is 7.23. The molecule has 0 spiro atoms. The minimum atomic E-state index is -0.0420. The Labute approximate surface area is 216 Å². The van der Waals surface area contributed by atoms with Crippen LogP contribution in [0.2, 0.25) is 5.02 Å². The highest BCUT2D eigenvalue weighted by molar-refractivity contribution is 8.01. The van der Waals surface area contributed by atoms with Gasteiger partial charge in [-0.2, -0.15) is 0 Å². The molecule has 2 fully saturated rings. The summed E-state index contributed by atoms with van der Waals surface area (Å²) in [5.41, 5.74) is 0.873. The average Bonchev–Trinajstić information content (AvgIpc) is 3.35. The molecule has 0 aliphatic carbocycles. The maximum Gasteiger partial charge on any atom is 0.230 e. The summed E-state index contributed by atoms with van der Waals surface area (Å²) in [6, 6.07) is 12.0. The van der Waals surface area contributed by atoms with E-state index in [2.05, 4.69) is 22.4 Å². The second kappa shape index (κ2) is 12.4. The van der Waals surface area contributed by atoms with E-state index in [1.807, 2.05) is 57.2 Å². The molecule has 2 aromatic rings. The van der Waals surface area contributed by atoms with Crippen molar-refractivity contribution in [3.8, 4) is 0 Å². The highest BCUT2D eigenvalue weighted by Crippen LogP contribution is 2.33. The molecular weight excluding hydrogens is 486 g/mol. The van der Waals surface area contributed by atoms with Crippen molar-refractivity contribution in [2.45, 2.75) is 48.5 Å². The second-order valence-corrected chi connectivity index (χ2v) is 12.2. The third-order valence-electron chi connectivity index (χ3n) is 6.84. The summed E-state index contributed by atoms with van der Waals surface area (Å²) >= 11 is 10.1. The molecule has 2 aliphatic rings. The van der Waals surface area contributed by atoms with E-state index in [-0.39, 0.29) is 17.7 Å². The number of halogens is 1. The van der Waals surface area contributed by atoms with Crippen molar-refractivity contribution in [2.75, 3.05) is 44.2 Å². The molecular formula is C26H34ClN3O2S2. The van der Waals surface area contributed by atoms with Gasteiger partial charge in [-0.1, -0.05) is 23.7 Å². The van der Waals surface area contributed by atoms with Gasteiger partial charge >= 0.3 is 0 Å². The first-order valence-electron chi connectivity index (χ1n) is 12.2. The largest absolute Gasteiger partial charge is 0.343 e. The zero-order valence-corrected chi connectivity index (χ0v) is 22.2. The molecule has 1 aromatic carbocycles. The summed E-state index contributed by atoms with van der Waals surface area (Å²) in [6.07, 6.45) is 4.82. The lowest BCUT2D eigenvalue weighted by molar-refractivity contribution is -0.133. The molecule has 0 bridgehead atoms. The predicted octanol–water partition coefficient (Wildman–Crippen LogP) is 5.64. The number of carbonyl (C=O) groups excluding carboxylic acids is 2. The van der Waals surface area contributed by atoms with Crippen LogP contribution in [0.5, 0.6) is 0 Å². The van der Waals surface area contributed by atoms with Gasteiger partial charge in [0.05, 0.1) is 4.21 Å². The van der Waals surface area contributed by atoms with E-state index in [0.29, 0.717) is 29.9 Å². The van der Waals surface area contributed by atoms with Gasteiger partial charge in [-0.05, 0) is 81.4 Å². The van der Waals surface area contributed by atoms with Crippen LogP contribution in [-0.4, -0.2) is 66.1 Å². The molecule has 5 nitrogen and oxygen atoms in total. The van der Waals surface area contributed by atoms with Crippen LogP contribution in [0.15, 0.2) is 46.0 Å². The Kier molecular flexibility index (Phi) is 9.34. The standard InChI is InChI=1S/C26H34ClN3O2S2/c1-20(31)29-16-8-21(9-17-29)26(32)30(23-6-2-5-22(27)19-23)13-4-12-28-14-10-24(11-15-28)34-25-7-3-18-33-25/h2-3,5-7,18-19,21,24H,4,8-17H2,1H3. The zero-order chi connectivity index (χ0) is 23.9. The molecule has 2 amide bonds. The molecule has 2 saturated heterocycles. The SMILES string of the molecule is CC(=O)N1CCC(C(=O)N(CCCN2CCC(Sc3cccs3)CC2)c2cccc(Cl)c2)CC1. The van der Waals surface area contributed by atoms with Gasteiger partial charge in [0.2, 0.25) is 11.8 Å². The van der Waals surface area contributed by atoms with Crippen molar-refractivity contribution in [2.24, 2.45) is 5.92 Å². The molecule has 184 valence electrons. The van der Waals surface area contributed by atoms with Crippen molar-refractivity contribution >= 4 is 52.2 Å². The first kappa shape index (κ1) is 25.5. The van der Waals surface area contributed by atoms with Crippen LogP contribution in [-0.2, 0) is 9.59 Å². The van der Waals surface area contributed by atoms with Crippen LogP contribution in [0.3, 0.4) is 0 Å². The number of thioether (sulfide) groups is 1. The van der Waals surface area contributed by atoms with Crippen molar-refractivity contribution < 1.29 is 9.59 Å². The topological polar surface area (TPSA) is 43.9 Å². The Morgan fingerprint density at radius 2 is 1.85 bits per heavy atom. The Morgan fingerprint density at radius 3 is 2.50 bits per heavy atom. The van der Waals surface area contributed by atoms with Crippen molar-refractivity contribution in [3.05, 3.63) is 46.8 Å². The summed E-state index contributed by atoms with van der Waals surface area (Å²) in [6.45, 7) is 6.86. The number of hydrogen-bond acceptors (Lipinski definition) is 5. The Balaban J connectivity index is 1.30. The molecule has 1 aromatic heterocycles. The molecule has 0 unspecified atom stereocenters. The number of benzene rings is 1. The highest BCUT2D eigenvalue weighted by Gasteiger charge is 2.30. The number of amides is 2. The van der Waals surface area contributed by atoms with Crippen LogP contribution >= 0.6 is 34.7 Å². The van der Waals surface area contributed by atoms with Gasteiger partial charge in [0, 0.05) is 48.4 Å². The van der Waals surface area contributed by atoms with Gasteiger partial charge < -0.3 is 14.7 Å². The van der Waals surface area contributed by atoms with E-state index in [1.54, 1.807) is 6.92 Å². The first-order chi connectivity index (χ1) is 16.5. The summed E-state index contributed by atoms with van der Waals surface area (Å²) in [5.74, 6) is 0.214. The normalized spacial score (nSPS) is 18.2. The van der Waals surface area contributed by atoms with Gasteiger partial charge in [-0.15, -0.1) is 23.1 Å². The second-order valence-electron chi connectivity index (χ2n) is 9.19. The van der Waals surface area contributed by atoms with Gasteiger partial charge in [0.25, 0.3) is 0 Å². The molecule has 8 heteroatoms. The number of thiophene rings is 1. The van der Waals surface area contributed by atoms with Crippen LogP contribution in [0, 0.1) is 5.92 Å². The summed E-state index contributed by atoms with van der Waals surface area (Å²) in [7, 11) is 0. The maximum absolute atomic E-state index is 13.5. The fourth-order valence-electron chi connectivity index (χ4n) is 4.87. The molecule has 4 rings (SSSR count). The van der Waals surface area contributed by atoms with Gasteiger partial charge in [-0.3, -0.25) is 9.59 Å². The molecule has 34 heavy (non-hydrogen) atoms. The third kappa shape index (κ3) is 7.00. The molecule has 0 radical (unpaired) electrons. The van der Waals surface area contributed by atoms with Crippen LogP contribution < -0.4 is 4.90 Å². The number of likely N-dealkylation sites (tertiary alicyclic amines) is 2. The molecule has 0 N–H and O–H groups in total. The number of rotatable bonds is 8. The average molecular weight is 520 g/mol. The zero-order valence-electron chi connectivity index (χ0n) is 19.8. The lowest BCUT2D eigenvalue weighted by Crippen LogP contribution is -2.45. The lowest BCUT2D eigenvalue weighted by atomic mass is 9.94. The highest BCUT2D eigenvalue weighted by atomic mass is 35.5. The number of hydrogen-bond donors (Lipinski definition) is 0. The quantitative estimate of drug-likeness (QED) is 0.452. The summed E-state index contributed by atoms with van der Waals surface area (Å²) < 4.78 is 1.42. The molecule has 0 atom stereocenters. The molecule has 0 saturated carbocycles. The summed E-state index contributed by atoms with van der Waals surface area (Å²) in [4.78, 5) is 31.5. The van der Waals surface area contributed by atoms with E-state index in [1.165, 1.54) is 17.1 Å². The Bertz CT molecular complexity index is 939. The van der Waals surface area contributed by atoms with Crippen molar-refractivity contribution in [1.82, 2.24) is 9.80 Å². The summed E-state index contributed by atoms with van der Waals surface area (Å²) in [5, 5.41) is 3.50. The third-order valence-corrected chi connectivity index (χ3v) is 9.49. The van der Waals surface area contributed by atoms with Gasteiger partial charge in [-0.25, -0.2) is 0 Å². The van der Waals surface area contributed by atoms with E-state index in [9.17, 15) is 9.59 Å². The lowest BCUT2D eigenvalue weighted by Gasteiger charge is -2.35. The fraction of sp³-hybridized carbons (Fsp3) is 0.538. The number of carbonyl (C=O) groups is 2. The van der Waals surface area contributed by atoms with E-state index < -0.39 is 0 Å². The predicted molar refractivity (Wildman–Crippen MR) is 143 cm³/mol. The maximum atomic E-state index is 13.5. The number of nitrogens with zero attached hydrogens (tertiary/aromatic N) is 3. The van der Waals surface area contributed by atoms with Crippen LogP contribution in [0.4, 0.5) is 5.69 Å². The smallest absolute Gasteiger partial charge is 0.230 e. The van der Waals surface area contributed by atoms with Crippen LogP contribution in [0.25, 0.3) is 0 Å².